The molecule has 7 nitrogen and oxygen atoms in total. The van der Waals surface area contributed by atoms with Gasteiger partial charge in [-0.25, -0.2) is 0 Å². The number of carbonyl (C=O) groups is 1. The molecule has 0 saturated heterocycles. The standard InChI is InChI=1S/C19H20N6O/c1-11-4-3-5-16-15(11)10-17(23-16)18(26)22-14-8-6-13(7-9-14)12(2)24-25-19(20)21/h3-10,23H,1-2H3,(H,22,26)(H4,20,21,25). The zero-order valence-corrected chi connectivity index (χ0v) is 14.6. The second-order valence-corrected chi connectivity index (χ2v) is 5.96. The van der Waals surface area contributed by atoms with Crippen molar-refractivity contribution in [2.75, 3.05) is 5.32 Å². The summed E-state index contributed by atoms with van der Waals surface area (Å²) in [6.45, 7) is 3.82. The van der Waals surface area contributed by atoms with Gasteiger partial charge in [0.05, 0.1) is 5.71 Å². The average molecular weight is 348 g/mol. The number of H-pyrrole nitrogens is 1. The van der Waals surface area contributed by atoms with Gasteiger partial charge in [-0.1, -0.05) is 24.3 Å². The molecule has 3 aromatic rings. The Morgan fingerprint density at radius 1 is 1.08 bits per heavy atom. The van der Waals surface area contributed by atoms with Crippen LogP contribution in [0.4, 0.5) is 5.69 Å². The first-order valence-electron chi connectivity index (χ1n) is 8.07. The van der Waals surface area contributed by atoms with Gasteiger partial charge in [-0.3, -0.25) is 4.79 Å². The molecule has 0 unspecified atom stereocenters. The number of hydrogen-bond donors (Lipinski definition) is 4. The highest BCUT2D eigenvalue weighted by Crippen LogP contribution is 2.20. The van der Waals surface area contributed by atoms with Gasteiger partial charge in [0, 0.05) is 16.6 Å². The predicted octanol–water partition coefficient (Wildman–Crippen LogP) is 2.73. The lowest BCUT2D eigenvalue weighted by Crippen LogP contribution is -2.22. The van der Waals surface area contributed by atoms with Crippen LogP contribution in [-0.2, 0) is 0 Å². The van der Waals surface area contributed by atoms with E-state index in [1.807, 2.05) is 43.3 Å². The molecule has 7 heteroatoms. The van der Waals surface area contributed by atoms with Gasteiger partial charge in [-0.2, -0.15) is 5.10 Å². The molecular formula is C19H20N6O. The lowest BCUT2D eigenvalue weighted by Gasteiger charge is -2.05. The Labute approximate surface area is 150 Å². The van der Waals surface area contributed by atoms with Crippen molar-refractivity contribution in [2.45, 2.75) is 13.8 Å². The quantitative estimate of drug-likeness (QED) is 0.329. The second kappa shape index (κ2) is 7.10. The van der Waals surface area contributed by atoms with E-state index in [1.165, 1.54) is 0 Å². The summed E-state index contributed by atoms with van der Waals surface area (Å²) in [5.41, 5.74) is 15.3. The zero-order chi connectivity index (χ0) is 18.7. The Morgan fingerprint density at radius 2 is 1.81 bits per heavy atom. The van der Waals surface area contributed by atoms with Crippen LogP contribution in [0.15, 0.2) is 58.7 Å². The zero-order valence-electron chi connectivity index (χ0n) is 14.6. The van der Waals surface area contributed by atoms with Crippen LogP contribution in [-0.4, -0.2) is 22.6 Å². The summed E-state index contributed by atoms with van der Waals surface area (Å²) < 4.78 is 0. The van der Waals surface area contributed by atoms with Gasteiger partial charge < -0.3 is 21.8 Å². The van der Waals surface area contributed by atoms with Gasteiger partial charge in [0.1, 0.15) is 5.69 Å². The molecular weight excluding hydrogens is 328 g/mol. The maximum Gasteiger partial charge on any atom is 0.272 e. The lowest BCUT2D eigenvalue weighted by molar-refractivity contribution is 0.102. The molecule has 0 atom stereocenters. The monoisotopic (exact) mass is 348 g/mol. The molecule has 0 aliphatic carbocycles. The van der Waals surface area contributed by atoms with E-state index in [-0.39, 0.29) is 11.9 Å². The van der Waals surface area contributed by atoms with Crippen LogP contribution in [0.3, 0.4) is 0 Å². The van der Waals surface area contributed by atoms with Gasteiger partial charge >= 0.3 is 0 Å². The van der Waals surface area contributed by atoms with E-state index in [0.29, 0.717) is 17.1 Å². The summed E-state index contributed by atoms with van der Waals surface area (Å²) in [5, 5.41) is 11.5. The van der Waals surface area contributed by atoms with Crippen molar-refractivity contribution in [1.29, 1.82) is 0 Å². The predicted molar refractivity (Wildman–Crippen MR) is 105 cm³/mol. The molecule has 0 bridgehead atoms. The molecule has 0 aliphatic heterocycles. The van der Waals surface area contributed by atoms with Crippen LogP contribution in [0.25, 0.3) is 10.9 Å². The number of benzene rings is 2. The third-order valence-corrected chi connectivity index (χ3v) is 4.00. The van der Waals surface area contributed by atoms with Crippen molar-refractivity contribution in [3.05, 3.63) is 65.4 Å². The SMILES string of the molecule is CC(=NN=C(N)N)c1ccc(NC(=O)c2cc3c(C)cccc3[nH]2)cc1. The number of aromatic amines is 1. The first kappa shape index (κ1) is 17.2. The molecule has 0 fully saturated rings. The van der Waals surface area contributed by atoms with E-state index in [9.17, 15) is 4.79 Å². The Balaban J connectivity index is 1.76. The second-order valence-electron chi connectivity index (χ2n) is 5.96. The van der Waals surface area contributed by atoms with E-state index >= 15 is 0 Å². The summed E-state index contributed by atoms with van der Waals surface area (Å²) in [6, 6.07) is 15.1. The summed E-state index contributed by atoms with van der Waals surface area (Å²) >= 11 is 0. The highest BCUT2D eigenvalue weighted by molar-refractivity contribution is 6.06. The van der Waals surface area contributed by atoms with Crippen molar-refractivity contribution in [3.8, 4) is 0 Å². The molecule has 6 N–H and O–H groups in total. The van der Waals surface area contributed by atoms with Crippen LogP contribution >= 0.6 is 0 Å². The number of hydrogen-bond acceptors (Lipinski definition) is 3. The van der Waals surface area contributed by atoms with Gasteiger partial charge in [0.25, 0.3) is 5.91 Å². The molecule has 1 aromatic heterocycles. The van der Waals surface area contributed by atoms with E-state index < -0.39 is 0 Å². The fourth-order valence-corrected chi connectivity index (χ4v) is 2.61. The number of amides is 1. The van der Waals surface area contributed by atoms with Crippen LogP contribution in [0, 0.1) is 6.92 Å². The van der Waals surface area contributed by atoms with Crippen molar-refractivity contribution >= 4 is 34.2 Å². The molecule has 3 rings (SSSR count). The van der Waals surface area contributed by atoms with E-state index in [0.717, 1.165) is 22.0 Å². The number of fused-ring (bicyclic) bond motifs is 1. The smallest absolute Gasteiger partial charge is 0.272 e. The number of nitrogens with zero attached hydrogens (tertiary/aromatic N) is 2. The summed E-state index contributed by atoms with van der Waals surface area (Å²) in [6.07, 6.45) is 0. The Bertz CT molecular complexity index is 1010. The minimum absolute atomic E-state index is 0.0956. The van der Waals surface area contributed by atoms with Crippen molar-refractivity contribution in [2.24, 2.45) is 21.7 Å². The number of carbonyl (C=O) groups excluding carboxylic acids is 1. The fourth-order valence-electron chi connectivity index (χ4n) is 2.61. The first-order valence-corrected chi connectivity index (χ1v) is 8.07. The maximum atomic E-state index is 12.5. The number of aryl methyl sites for hydroxylation is 1. The normalized spacial score (nSPS) is 11.4. The number of guanidine groups is 1. The molecule has 26 heavy (non-hydrogen) atoms. The molecule has 0 saturated carbocycles. The van der Waals surface area contributed by atoms with Crippen molar-refractivity contribution < 1.29 is 4.79 Å². The van der Waals surface area contributed by atoms with E-state index in [1.54, 1.807) is 19.1 Å². The third-order valence-electron chi connectivity index (χ3n) is 4.00. The lowest BCUT2D eigenvalue weighted by atomic mass is 10.1. The highest BCUT2D eigenvalue weighted by atomic mass is 16.1. The van der Waals surface area contributed by atoms with E-state index in [2.05, 4.69) is 20.5 Å². The third kappa shape index (κ3) is 3.72. The number of nitrogens with two attached hydrogens (primary N) is 2. The van der Waals surface area contributed by atoms with Gasteiger partial charge in [0.2, 0.25) is 5.96 Å². The molecule has 132 valence electrons. The number of aromatic nitrogens is 1. The minimum Gasteiger partial charge on any atom is -0.369 e. The van der Waals surface area contributed by atoms with Gasteiger partial charge in [-0.15, -0.1) is 5.10 Å². The van der Waals surface area contributed by atoms with Crippen LogP contribution in [0.1, 0.15) is 28.5 Å². The Kier molecular flexibility index (Phi) is 4.70. The first-order chi connectivity index (χ1) is 12.4. The van der Waals surface area contributed by atoms with Crippen molar-refractivity contribution in [1.82, 2.24) is 4.98 Å². The average Bonchev–Trinajstić information content (AvgIpc) is 3.06. The Morgan fingerprint density at radius 3 is 2.46 bits per heavy atom. The molecule has 0 radical (unpaired) electrons. The van der Waals surface area contributed by atoms with Crippen LogP contribution in [0.2, 0.25) is 0 Å². The summed E-state index contributed by atoms with van der Waals surface area (Å²) in [5.74, 6) is -0.291. The van der Waals surface area contributed by atoms with Crippen LogP contribution in [0.5, 0.6) is 0 Å². The molecule has 1 heterocycles. The summed E-state index contributed by atoms with van der Waals surface area (Å²) in [7, 11) is 0. The van der Waals surface area contributed by atoms with Gasteiger partial charge in [-0.05, 0) is 49.2 Å². The number of nitrogens with one attached hydrogen (secondary N) is 2. The largest absolute Gasteiger partial charge is 0.369 e. The topological polar surface area (TPSA) is 122 Å². The molecule has 0 aliphatic rings. The fraction of sp³-hybridized carbons (Fsp3) is 0.105. The number of rotatable bonds is 4. The van der Waals surface area contributed by atoms with Gasteiger partial charge in [0.15, 0.2) is 0 Å². The summed E-state index contributed by atoms with van der Waals surface area (Å²) in [4.78, 5) is 15.6. The molecule has 0 spiro atoms. The maximum absolute atomic E-state index is 12.5. The molecule has 1 amide bonds. The van der Waals surface area contributed by atoms with Crippen LogP contribution < -0.4 is 16.8 Å². The minimum atomic E-state index is -0.195. The van der Waals surface area contributed by atoms with E-state index in [4.69, 9.17) is 11.5 Å². The Hall–Kier alpha value is -3.61. The van der Waals surface area contributed by atoms with Crippen molar-refractivity contribution in [3.63, 3.8) is 0 Å². The number of anilines is 1. The molecule has 2 aromatic carbocycles. The highest BCUT2D eigenvalue weighted by Gasteiger charge is 2.11.